The molecule has 1 aromatic heterocycles. The Balaban J connectivity index is 1.71. The monoisotopic (exact) mass is 341 g/mol. The fourth-order valence-electron chi connectivity index (χ4n) is 4.12. The fourth-order valence-corrected chi connectivity index (χ4v) is 5.71. The molecule has 1 aromatic rings. The summed E-state index contributed by atoms with van der Waals surface area (Å²) >= 11 is 0. The van der Waals surface area contributed by atoms with E-state index in [4.69, 9.17) is 0 Å². The number of aryl methyl sites for hydroxylation is 1. The van der Waals surface area contributed by atoms with E-state index in [-0.39, 0.29) is 16.5 Å². The van der Waals surface area contributed by atoms with Crippen molar-refractivity contribution in [2.24, 2.45) is 24.3 Å². The highest BCUT2D eigenvalue weighted by atomic mass is 32.2. The van der Waals surface area contributed by atoms with E-state index in [2.05, 4.69) is 18.8 Å². The van der Waals surface area contributed by atoms with Crippen LogP contribution in [-0.2, 0) is 17.1 Å². The molecule has 1 aliphatic heterocycles. The van der Waals surface area contributed by atoms with Crippen molar-refractivity contribution in [3.63, 3.8) is 0 Å². The summed E-state index contributed by atoms with van der Waals surface area (Å²) < 4.78 is 28.8. The van der Waals surface area contributed by atoms with Crippen LogP contribution < -0.4 is 0 Å². The first kappa shape index (κ1) is 16.9. The van der Waals surface area contributed by atoms with Crippen molar-refractivity contribution < 1.29 is 13.5 Å². The number of hydrogen-bond acceptors (Lipinski definition) is 4. The molecule has 6 nitrogen and oxygen atoms in total. The lowest BCUT2D eigenvalue weighted by Gasteiger charge is -2.57. The quantitative estimate of drug-likeness (QED) is 0.905. The second kappa shape index (κ2) is 5.57. The molecule has 1 saturated carbocycles. The van der Waals surface area contributed by atoms with Crippen molar-refractivity contribution >= 4 is 10.0 Å². The molecule has 2 unspecified atom stereocenters. The van der Waals surface area contributed by atoms with E-state index in [1.807, 2.05) is 0 Å². The standard InChI is InChI=1S/C16H27N3O3S/c1-11(2)13-9-16(15(13)20)5-7-19(8-6-16)23(21,22)14-10-17-12(3)18(14)4/h10-11,13,15,20H,5-9H2,1-4H3. The number of aliphatic hydroxyl groups excluding tert-OH is 1. The Morgan fingerprint density at radius 1 is 1.35 bits per heavy atom. The predicted octanol–water partition coefficient (Wildman–Crippen LogP) is 1.54. The lowest BCUT2D eigenvalue weighted by molar-refractivity contribution is -0.156. The second-order valence-corrected chi connectivity index (χ2v) is 9.41. The number of piperidine rings is 1. The molecule has 0 bridgehead atoms. The van der Waals surface area contributed by atoms with Gasteiger partial charge in [-0.2, -0.15) is 4.31 Å². The first-order valence-electron chi connectivity index (χ1n) is 8.35. The van der Waals surface area contributed by atoms with Crippen LogP contribution in [0.4, 0.5) is 0 Å². The number of aliphatic hydroxyl groups is 1. The summed E-state index contributed by atoms with van der Waals surface area (Å²) in [7, 11) is -1.78. The van der Waals surface area contributed by atoms with E-state index in [9.17, 15) is 13.5 Å². The highest BCUT2D eigenvalue weighted by Gasteiger charge is 2.55. The minimum atomic E-state index is -3.50. The van der Waals surface area contributed by atoms with Gasteiger partial charge in [-0.1, -0.05) is 13.8 Å². The Hall–Kier alpha value is -0.920. The number of imidazole rings is 1. The molecule has 2 heterocycles. The van der Waals surface area contributed by atoms with Crippen LogP contribution in [0.25, 0.3) is 0 Å². The Labute approximate surface area is 138 Å². The molecule has 1 spiro atoms. The molecular formula is C16H27N3O3S. The first-order chi connectivity index (χ1) is 10.7. The van der Waals surface area contributed by atoms with E-state index in [1.165, 1.54) is 6.20 Å². The molecule has 0 radical (unpaired) electrons. The molecule has 2 fully saturated rings. The van der Waals surface area contributed by atoms with Gasteiger partial charge in [0, 0.05) is 20.1 Å². The number of nitrogens with zero attached hydrogens (tertiary/aromatic N) is 3. The van der Waals surface area contributed by atoms with Gasteiger partial charge in [-0.25, -0.2) is 13.4 Å². The lowest BCUT2D eigenvalue weighted by Crippen LogP contribution is -2.59. The van der Waals surface area contributed by atoms with Gasteiger partial charge < -0.3 is 9.67 Å². The summed E-state index contributed by atoms with van der Waals surface area (Å²) in [5.41, 5.74) is -0.0661. The molecule has 1 aliphatic carbocycles. The van der Waals surface area contributed by atoms with Crippen molar-refractivity contribution in [2.75, 3.05) is 13.1 Å². The molecule has 7 heteroatoms. The summed E-state index contributed by atoms with van der Waals surface area (Å²) in [6.07, 6.45) is 3.65. The van der Waals surface area contributed by atoms with Crippen LogP contribution in [0.15, 0.2) is 11.2 Å². The molecule has 0 amide bonds. The molecule has 2 atom stereocenters. The van der Waals surface area contributed by atoms with Gasteiger partial charge in [-0.05, 0) is 43.4 Å². The second-order valence-electron chi connectivity index (χ2n) is 7.53. The summed E-state index contributed by atoms with van der Waals surface area (Å²) in [4.78, 5) is 4.09. The van der Waals surface area contributed by atoms with Crippen LogP contribution >= 0.6 is 0 Å². The third-order valence-electron chi connectivity index (χ3n) is 6.03. The van der Waals surface area contributed by atoms with Gasteiger partial charge in [0.05, 0.1) is 12.3 Å². The number of sulfonamides is 1. The Morgan fingerprint density at radius 2 is 1.96 bits per heavy atom. The van der Waals surface area contributed by atoms with Gasteiger partial charge >= 0.3 is 0 Å². The predicted molar refractivity (Wildman–Crippen MR) is 87.3 cm³/mol. The van der Waals surface area contributed by atoms with Crippen molar-refractivity contribution in [2.45, 2.75) is 51.2 Å². The van der Waals surface area contributed by atoms with Gasteiger partial charge in [0.1, 0.15) is 5.82 Å². The molecule has 23 heavy (non-hydrogen) atoms. The van der Waals surface area contributed by atoms with E-state index in [0.717, 1.165) is 19.3 Å². The minimum Gasteiger partial charge on any atom is -0.392 e. The van der Waals surface area contributed by atoms with E-state index in [0.29, 0.717) is 30.7 Å². The lowest BCUT2D eigenvalue weighted by atomic mass is 9.53. The van der Waals surface area contributed by atoms with Crippen molar-refractivity contribution in [3.8, 4) is 0 Å². The van der Waals surface area contributed by atoms with Crippen LogP contribution in [0.2, 0.25) is 0 Å². The Morgan fingerprint density at radius 3 is 2.39 bits per heavy atom. The Bertz CT molecular complexity index is 687. The van der Waals surface area contributed by atoms with E-state index < -0.39 is 10.0 Å². The summed E-state index contributed by atoms with van der Waals surface area (Å²) in [5, 5.41) is 10.8. The van der Waals surface area contributed by atoms with E-state index in [1.54, 1.807) is 22.8 Å². The maximum Gasteiger partial charge on any atom is 0.260 e. The summed E-state index contributed by atoms with van der Waals surface area (Å²) in [6, 6.07) is 0. The maximum absolute atomic E-state index is 12.8. The zero-order chi connectivity index (χ0) is 17.0. The molecular weight excluding hydrogens is 314 g/mol. The SMILES string of the molecule is Cc1ncc(S(=O)(=O)N2CCC3(CC2)CC(C(C)C)C3O)n1C. The van der Waals surface area contributed by atoms with Crippen LogP contribution in [-0.4, -0.2) is 46.6 Å². The fraction of sp³-hybridized carbons (Fsp3) is 0.812. The topological polar surface area (TPSA) is 75.4 Å². The van der Waals surface area contributed by atoms with Crippen molar-refractivity contribution in [1.29, 1.82) is 0 Å². The van der Waals surface area contributed by atoms with Crippen molar-refractivity contribution in [1.82, 2.24) is 13.9 Å². The Kier molecular flexibility index (Phi) is 4.09. The zero-order valence-electron chi connectivity index (χ0n) is 14.4. The smallest absolute Gasteiger partial charge is 0.260 e. The highest BCUT2D eigenvalue weighted by Crippen LogP contribution is 2.55. The third kappa shape index (κ3) is 2.53. The van der Waals surface area contributed by atoms with Gasteiger partial charge in [0.25, 0.3) is 10.0 Å². The molecule has 2 aliphatic rings. The summed E-state index contributed by atoms with van der Waals surface area (Å²) in [6.45, 7) is 7.04. The average molecular weight is 341 g/mol. The molecule has 3 rings (SSSR count). The van der Waals surface area contributed by atoms with Gasteiger partial charge in [-0.3, -0.25) is 0 Å². The van der Waals surface area contributed by atoms with Crippen LogP contribution in [0, 0.1) is 24.2 Å². The van der Waals surface area contributed by atoms with Crippen LogP contribution in [0.1, 0.15) is 38.9 Å². The van der Waals surface area contributed by atoms with E-state index >= 15 is 0 Å². The van der Waals surface area contributed by atoms with Crippen LogP contribution in [0.5, 0.6) is 0 Å². The van der Waals surface area contributed by atoms with Gasteiger partial charge in [-0.15, -0.1) is 0 Å². The zero-order valence-corrected chi connectivity index (χ0v) is 15.2. The summed E-state index contributed by atoms with van der Waals surface area (Å²) in [5.74, 6) is 1.53. The molecule has 130 valence electrons. The largest absolute Gasteiger partial charge is 0.392 e. The molecule has 1 N–H and O–H groups in total. The first-order valence-corrected chi connectivity index (χ1v) is 9.79. The van der Waals surface area contributed by atoms with Gasteiger partial charge in [0.15, 0.2) is 5.03 Å². The number of aromatic nitrogens is 2. The average Bonchev–Trinajstić information content (AvgIpc) is 2.85. The third-order valence-corrected chi connectivity index (χ3v) is 7.98. The number of hydrogen-bond donors (Lipinski definition) is 1. The molecule has 0 aromatic carbocycles. The van der Waals surface area contributed by atoms with Crippen molar-refractivity contribution in [3.05, 3.63) is 12.0 Å². The minimum absolute atomic E-state index is 0.0661. The number of rotatable bonds is 3. The van der Waals surface area contributed by atoms with Crippen LogP contribution in [0.3, 0.4) is 0 Å². The highest BCUT2D eigenvalue weighted by molar-refractivity contribution is 7.89. The molecule has 1 saturated heterocycles. The van der Waals surface area contributed by atoms with Gasteiger partial charge in [0.2, 0.25) is 0 Å². The normalized spacial score (nSPS) is 28.3. The maximum atomic E-state index is 12.8.